The number of benzene rings is 1. The summed E-state index contributed by atoms with van der Waals surface area (Å²) in [6.07, 6.45) is 1.93. The zero-order valence-corrected chi connectivity index (χ0v) is 12.6. The molecule has 106 valence electrons. The summed E-state index contributed by atoms with van der Waals surface area (Å²) >= 11 is 1.40. The number of fused-ring (bicyclic) bond motifs is 1. The summed E-state index contributed by atoms with van der Waals surface area (Å²) in [4.78, 5) is 20.4. The van der Waals surface area contributed by atoms with Crippen LogP contribution in [0.25, 0.3) is 10.9 Å². The molecule has 0 saturated carbocycles. The van der Waals surface area contributed by atoms with Crippen molar-refractivity contribution in [1.29, 1.82) is 0 Å². The maximum Gasteiger partial charge on any atom is 0.316 e. The van der Waals surface area contributed by atoms with Crippen LogP contribution in [-0.4, -0.2) is 28.3 Å². The number of nitrogens with zero attached hydrogens (tertiary/aromatic N) is 2. The molecule has 4 nitrogen and oxygen atoms in total. The Morgan fingerprint density at radius 1 is 1.30 bits per heavy atom. The third-order valence-corrected chi connectivity index (χ3v) is 3.73. The average molecular weight is 290 g/mol. The second-order valence-electron chi connectivity index (χ2n) is 4.46. The second-order valence-corrected chi connectivity index (χ2v) is 5.42. The monoisotopic (exact) mass is 290 g/mol. The predicted molar refractivity (Wildman–Crippen MR) is 80.9 cm³/mol. The first-order valence-corrected chi connectivity index (χ1v) is 7.71. The second kappa shape index (κ2) is 7.24. The van der Waals surface area contributed by atoms with Crippen LogP contribution in [0, 0.1) is 6.92 Å². The van der Waals surface area contributed by atoms with Crippen molar-refractivity contribution in [3.63, 3.8) is 0 Å². The normalized spacial score (nSPS) is 10.7. The highest BCUT2D eigenvalue weighted by Crippen LogP contribution is 2.25. The summed E-state index contributed by atoms with van der Waals surface area (Å²) in [5, 5.41) is 1.81. The van der Waals surface area contributed by atoms with Gasteiger partial charge in [-0.25, -0.2) is 9.97 Å². The Bertz CT molecular complexity index is 601. The van der Waals surface area contributed by atoms with Crippen LogP contribution in [0.3, 0.4) is 0 Å². The lowest BCUT2D eigenvalue weighted by Crippen LogP contribution is -2.08. The van der Waals surface area contributed by atoms with Crippen molar-refractivity contribution in [2.45, 2.75) is 31.7 Å². The van der Waals surface area contributed by atoms with E-state index in [2.05, 4.69) is 16.9 Å². The molecule has 0 bridgehead atoms. The third kappa shape index (κ3) is 3.93. The van der Waals surface area contributed by atoms with E-state index in [0.717, 1.165) is 28.8 Å². The number of hydrogen-bond donors (Lipinski definition) is 0. The third-order valence-electron chi connectivity index (χ3n) is 2.77. The lowest BCUT2D eigenvalue weighted by atomic mass is 10.2. The molecule has 5 heteroatoms. The fraction of sp³-hybridized carbons (Fsp3) is 0.400. The summed E-state index contributed by atoms with van der Waals surface area (Å²) < 4.78 is 5.14. The van der Waals surface area contributed by atoms with Gasteiger partial charge in [0.15, 0.2) is 0 Å². The first-order chi connectivity index (χ1) is 9.70. The SMILES string of the molecule is CCCCOC(=O)CSc1nc(C)nc2ccccc12. The summed E-state index contributed by atoms with van der Waals surface area (Å²) in [5.41, 5.74) is 0.904. The highest BCUT2D eigenvalue weighted by molar-refractivity contribution is 8.00. The standard InChI is InChI=1S/C15H18N2O2S/c1-3-4-9-19-14(18)10-20-15-12-7-5-6-8-13(12)16-11(2)17-15/h5-8H,3-4,9-10H2,1-2H3. The Hall–Kier alpha value is -1.62. The minimum Gasteiger partial charge on any atom is -0.465 e. The number of ether oxygens (including phenoxy) is 1. The molecule has 0 radical (unpaired) electrons. The van der Waals surface area contributed by atoms with Gasteiger partial charge in [-0.05, 0) is 19.4 Å². The van der Waals surface area contributed by atoms with E-state index in [9.17, 15) is 4.79 Å². The van der Waals surface area contributed by atoms with Gasteiger partial charge in [0, 0.05) is 5.39 Å². The van der Waals surface area contributed by atoms with Gasteiger partial charge in [-0.3, -0.25) is 4.79 Å². The van der Waals surface area contributed by atoms with E-state index in [1.807, 2.05) is 31.2 Å². The van der Waals surface area contributed by atoms with Crippen LogP contribution in [0.2, 0.25) is 0 Å². The summed E-state index contributed by atoms with van der Waals surface area (Å²) in [5.74, 6) is 0.804. The molecule has 0 aliphatic carbocycles. The number of carbonyl (C=O) groups is 1. The highest BCUT2D eigenvalue weighted by Gasteiger charge is 2.09. The molecule has 1 aromatic heterocycles. The van der Waals surface area contributed by atoms with Crippen molar-refractivity contribution < 1.29 is 9.53 Å². The average Bonchev–Trinajstić information content (AvgIpc) is 2.45. The number of carbonyl (C=O) groups excluding carboxylic acids is 1. The van der Waals surface area contributed by atoms with E-state index in [1.165, 1.54) is 11.8 Å². The number of esters is 1. The van der Waals surface area contributed by atoms with Crippen LogP contribution in [0.15, 0.2) is 29.3 Å². The van der Waals surface area contributed by atoms with Gasteiger partial charge in [-0.1, -0.05) is 43.3 Å². The van der Waals surface area contributed by atoms with E-state index < -0.39 is 0 Å². The van der Waals surface area contributed by atoms with Crippen LogP contribution < -0.4 is 0 Å². The van der Waals surface area contributed by atoms with Crippen LogP contribution in [-0.2, 0) is 9.53 Å². The number of para-hydroxylation sites is 1. The smallest absolute Gasteiger partial charge is 0.316 e. The van der Waals surface area contributed by atoms with Crippen LogP contribution in [0.1, 0.15) is 25.6 Å². The van der Waals surface area contributed by atoms with E-state index in [0.29, 0.717) is 12.4 Å². The van der Waals surface area contributed by atoms with Gasteiger partial charge < -0.3 is 4.74 Å². The van der Waals surface area contributed by atoms with Gasteiger partial charge in [-0.2, -0.15) is 0 Å². The lowest BCUT2D eigenvalue weighted by molar-refractivity contribution is -0.140. The molecule has 0 amide bonds. The molecule has 2 rings (SSSR count). The Kier molecular flexibility index (Phi) is 5.35. The summed E-state index contributed by atoms with van der Waals surface area (Å²) in [6, 6.07) is 7.82. The number of aromatic nitrogens is 2. The van der Waals surface area contributed by atoms with Crippen molar-refractivity contribution in [3.8, 4) is 0 Å². The molecule has 0 saturated heterocycles. The fourth-order valence-electron chi connectivity index (χ4n) is 1.77. The minimum absolute atomic E-state index is 0.191. The molecule has 0 spiro atoms. The van der Waals surface area contributed by atoms with Crippen LogP contribution >= 0.6 is 11.8 Å². The zero-order valence-electron chi connectivity index (χ0n) is 11.8. The van der Waals surface area contributed by atoms with Gasteiger partial charge >= 0.3 is 5.97 Å². The molecule has 2 aromatic rings. The van der Waals surface area contributed by atoms with Gasteiger partial charge in [-0.15, -0.1) is 0 Å². The molecule has 0 fully saturated rings. The zero-order chi connectivity index (χ0) is 14.4. The Balaban J connectivity index is 2.04. The quantitative estimate of drug-likeness (QED) is 0.353. The lowest BCUT2D eigenvalue weighted by Gasteiger charge is -2.06. The van der Waals surface area contributed by atoms with Gasteiger partial charge in [0.25, 0.3) is 0 Å². The molecular weight excluding hydrogens is 272 g/mol. The first kappa shape index (κ1) is 14.8. The van der Waals surface area contributed by atoms with Crippen LogP contribution in [0.4, 0.5) is 0 Å². The first-order valence-electron chi connectivity index (χ1n) is 6.72. The summed E-state index contributed by atoms with van der Waals surface area (Å²) in [7, 11) is 0. The van der Waals surface area contributed by atoms with Gasteiger partial charge in [0.1, 0.15) is 10.9 Å². The molecule has 0 atom stereocenters. The summed E-state index contributed by atoms with van der Waals surface area (Å²) in [6.45, 7) is 4.42. The van der Waals surface area contributed by atoms with Crippen molar-refractivity contribution in [3.05, 3.63) is 30.1 Å². The van der Waals surface area contributed by atoms with Crippen molar-refractivity contribution in [2.24, 2.45) is 0 Å². The number of thioether (sulfide) groups is 1. The van der Waals surface area contributed by atoms with Gasteiger partial charge in [0.2, 0.25) is 0 Å². The number of unbranched alkanes of at least 4 members (excludes halogenated alkanes) is 1. The molecule has 0 N–H and O–H groups in total. The van der Waals surface area contributed by atoms with E-state index in [4.69, 9.17) is 4.74 Å². The number of rotatable bonds is 6. The molecule has 0 aliphatic rings. The number of hydrogen-bond acceptors (Lipinski definition) is 5. The molecule has 1 aromatic carbocycles. The topological polar surface area (TPSA) is 52.1 Å². The Labute approximate surface area is 123 Å². The number of aryl methyl sites for hydroxylation is 1. The van der Waals surface area contributed by atoms with E-state index in [-0.39, 0.29) is 11.7 Å². The highest BCUT2D eigenvalue weighted by atomic mass is 32.2. The molecular formula is C15H18N2O2S. The van der Waals surface area contributed by atoms with Crippen molar-refractivity contribution >= 4 is 28.6 Å². The van der Waals surface area contributed by atoms with E-state index in [1.54, 1.807) is 0 Å². The Morgan fingerprint density at radius 2 is 2.10 bits per heavy atom. The maximum atomic E-state index is 11.6. The molecule has 20 heavy (non-hydrogen) atoms. The van der Waals surface area contributed by atoms with Crippen molar-refractivity contribution in [1.82, 2.24) is 9.97 Å². The predicted octanol–water partition coefficient (Wildman–Crippen LogP) is 3.37. The largest absolute Gasteiger partial charge is 0.465 e. The Morgan fingerprint density at radius 3 is 2.90 bits per heavy atom. The molecule has 0 unspecified atom stereocenters. The minimum atomic E-state index is -0.191. The van der Waals surface area contributed by atoms with E-state index >= 15 is 0 Å². The molecule has 0 aliphatic heterocycles. The van der Waals surface area contributed by atoms with Crippen molar-refractivity contribution in [2.75, 3.05) is 12.4 Å². The van der Waals surface area contributed by atoms with Gasteiger partial charge in [0.05, 0.1) is 17.9 Å². The fourth-order valence-corrected chi connectivity index (χ4v) is 2.63. The maximum absolute atomic E-state index is 11.6. The van der Waals surface area contributed by atoms with Crippen LogP contribution in [0.5, 0.6) is 0 Å². The molecule has 1 heterocycles.